The third-order valence-corrected chi connectivity index (χ3v) is 5.56. The molecule has 0 saturated carbocycles. The minimum atomic E-state index is -3.69. The summed E-state index contributed by atoms with van der Waals surface area (Å²) < 4.78 is 26.3. The molecule has 0 amide bonds. The highest BCUT2D eigenvalue weighted by molar-refractivity contribution is 7.89. The minimum absolute atomic E-state index is 0.00555. The Morgan fingerprint density at radius 1 is 1.53 bits per heavy atom. The molecule has 0 radical (unpaired) electrons. The number of sulfonamides is 1. The maximum absolute atomic E-state index is 11.9. The molecule has 0 aromatic carbocycles. The number of thiophene rings is 1. The van der Waals surface area contributed by atoms with Crippen molar-refractivity contribution >= 4 is 38.7 Å². The molecule has 2 N–H and O–H groups in total. The van der Waals surface area contributed by atoms with Crippen LogP contribution in [0, 0.1) is 6.92 Å². The molecule has 0 bridgehead atoms. The molecule has 0 fully saturated rings. The topological polar surface area (TPSA) is 96.4 Å². The monoisotopic (exact) mass is 318 g/mol. The van der Waals surface area contributed by atoms with Crippen molar-refractivity contribution in [1.82, 2.24) is 9.71 Å². The van der Waals surface area contributed by atoms with Gasteiger partial charge in [-0.1, -0.05) is 0 Å². The molecular weight excluding hydrogens is 308 g/mol. The second kappa shape index (κ2) is 5.37. The number of carboxylic acids is 1. The lowest BCUT2D eigenvalue weighted by Crippen LogP contribution is -2.22. The highest BCUT2D eigenvalue weighted by Gasteiger charge is 2.18. The van der Waals surface area contributed by atoms with Gasteiger partial charge in [0.25, 0.3) is 0 Å². The number of nitrogens with zero attached hydrogens (tertiary/aromatic N) is 1. The fourth-order valence-corrected chi connectivity index (χ4v) is 4.25. The van der Waals surface area contributed by atoms with Crippen molar-refractivity contribution in [1.29, 1.82) is 0 Å². The molecular formula is C10H10N2O4S3. The van der Waals surface area contributed by atoms with E-state index in [1.54, 1.807) is 6.20 Å². The third-order valence-electron chi connectivity index (χ3n) is 2.20. The van der Waals surface area contributed by atoms with Crippen molar-refractivity contribution in [2.45, 2.75) is 18.4 Å². The molecule has 0 aliphatic carbocycles. The first-order valence-corrected chi connectivity index (χ1v) is 8.29. The highest BCUT2D eigenvalue weighted by atomic mass is 32.2. The van der Waals surface area contributed by atoms with Crippen LogP contribution in [0.15, 0.2) is 22.5 Å². The van der Waals surface area contributed by atoms with Crippen LogP contribution in [0.2, 0.25) is 0 Å². The van der Waals surface area contributed by atoms with Gasteiger partial charge in [-0.3, -0.25) is 0 Å². The number of hydrogen-bond acceptors (Lipinski definition) is 6. The normalized spacial score (nSPS) is 11.6. The van der Waals surface area contributed by atoms with Crippen LogP contribution in [0.3, 0.4) is 0 Å². The Hall–Kier alpha value is -1.29. The molecule has 9 heteroatoms. The van der Waals surface area contributed by atoms with E-state index >= 15 is 0 Å². The molecule has 0 aliphatic heterocycles. The van der Waals surface area contributed by atoms with Crippen LogP contribution in [0.5, 0.6) is 0 Å². The molecule has 6 nitrogen and oxygen atoms in total. The number of aryl methyl sites for hydroxylation is 1. The highest BCUT2D eigenvalue weighted by Crippen LogP contribution is 2.20. The van der Waals surface area contributed by atoms with E-state index in [1.807, 2.05) is 6.92 Å². The molecule has 0 unspecified atom stereocenters. The second-order valence-electron chi connectivity index (χ2n) is 3.62. The molecule has 2 aromatic rings. The Kier molecular flexibility index (Phi) is 3.99. The second-order valence-corrected chi connectivity index (χ2v) is 7.62. The summed E-state index contributed by atoms with van der Waals surface area (Å²) in [5.74, 6) is -1.13. The number of aromatic nitrogens is 1. The summed E-state index contributed by atoms with van der Waals surface area (Å²) in [6, 6.07) is 1.15. The first kappa shape index (κ1) is 14.1. The molecule has 2 aromatic heterocycles. The predicted octanol–water partition coefficient (Wildman–Crippen LogP) is 1.69. The smallest absolute Gasteiger partial charge is 0.345 e. The van der Waals surface area contributed by atoms with Gasteiger partial charge in [-0.2, -0.15) is 0 Å². The first-order chi connectivity index (χ1) is 8.88. The molecule has 0 atom stereocenters. The van der Waals surface area contributed by atoms with Gasteiger partial charge in [-0.15, -0.1) is 22.7 Å². The fourth-order valence-electron chi connectivity index (χ4n) is 1.31. The number of hydrogen-bond donors (Lipinski definition) is 2. The van der Waals surface area contributed by atoms with Gasteiger partial charge in [-0.05, 0) is 13.0 Å². The van der Waals surface area contributed by atoms with Crippen molar-refractivity contribution in [2.24, 2.45) is 0 Å². The van der Waals surface area contributed by atoms with Gasteiger partial charge >= 0.3 is 5.97 Å². The Balaban J connectivity index is 2.11. The molecule has 19 heavy (non-hydrogen) atoms. The lowest BCUT2D eigenvalue weighted by molar-refractivity contribution is 0.0702. The van der Waals surface area contributed by atoms with Crippen molar-refractivity contribution in [3.8, 4) is 0 Å². The lowest BCUT2D eigenvalue weighted by atomic mass is 10.5. The fraction of sp³-hybridized carbons (Fsp3) is 0.200. The third kappa shape index (κ3) is 3.38. The number of rotatable bonds is 5. The van der Waals surface area contributed by atoms with E-state index < -0.39 is 16.0 Å². The minimum Gasteiger partial charge on any atom is -0.477 e. The summed E-state index contributed by atoms with van der Waals surface area (Å²) in [5, 5.41) is 10.9. The zero-order valence-electron chi connectivity index (χ0n) is 9.78. The van der Waals surface area contributed by atoms with Crippen LogP contribution in [0.25, 0.3) is 0 Å². The summed E-state index contributed by atoms with van der Waals surface area (Å²) >= 11 is 2.29. The Bertz CT molecular complexity index is 702. The number of nitrogens with one attached hydrogen (secondary N) is 1. The van der Waals surface area contributed by atoms with Gasteiger partial charge < -0.3 is 5.11 Å². The summed E-state index contributed by atoms with van der Waals surface area (Å²) in [6.45, 7) is 1.98. The van der Waals surface area contributed by atoms with E-state index in [4.69, 9.17) is 5.11 Å². The molecule has 0 aliphatic rings. The lowest BCUT2D eigenvalue weighted by Gasteiger charge is -2.02. The van der Waals surface area contributed by atoms with Gasteiger partial charge in [0.2, 0.25) is 10.0 Å². The summed E-state index contributed by atoms with van der Waals surface area (Å²) in [6.07, 6.45) is 1.61. The van der Waals surface area contributed by atoms with Crippen molar-refractivity contribution in [3.05, 3.63) is 32.4 Å². The molecule has 2 rings (SSSR count). The largest absolute Gasteiger partial charge is 0.477 e. The van der Waals surface area contributed by atoms with E-state index in [0.717, 1.165) is 27.3 Å². The standard InChI is InChI=1S/C10H10N2O4S3/c1-6-11-3-7(18-6)4-12-19(15,16)8-2-9(10(13)14)17-5-8/h2-3,5,12H,4H2,1H3,(H,13,14). The average Bonchev–Trinajstić information content (AvgIpc) is 2.95. The van der Waals surface area contributed by atoms with Crippen LogP contribution in [-0.4, -0.2) is 24.5 Å². The Labute approximate surface area is 117 Å². The maximum atomic E-state index is 11.9. The van der Waals surface area contributed by atoms with E-state index in [2.05, 4.69) is 9.71 Å². The SMILES string of the molecule is Cc1ncc(CNS(=O)(=O)c2csc(C(=O)O)c2)s1. The number of thiazole rings is 1. The van der Waals surface area contributed by atoms with E-state index in [1.165, 1.54) is 16.7 Å². The van der Waals surface area contributed by atoms with Gasteiger partial charge in [-0.25, -0.2) is 22.9 Å². The average molecular weight is 318 g/mol. The van der Waals surface area contributed by atoms with Crippen LogP contribution < -0.4 is 4.72 Å². The van der Waals surface area contributed by atoms with Crippen molar-refractivity contribution in [2.75, 3.05) is 0 Å². The van der Waals surface area contributed by atoms with Gasteiger partial charge in [0.05, 0.1) is 9.90 Å². The van der Waals surface area contributed by atoms with Gasteiger partial charge in [0, 0.05) is 23.0 Å². The zero-order chi connectivity index (χ0) is 14.0. The summed E-state index contributed by atoms with van der Waals surface area (Å²) in [5.41, 5.74) is 0. The zero-order valence-corrected chi connectivity index (χ0v) is 12.2. The van der Waals surface area contributed by atoms with E-state index in [0.29, 0.717) is 0 Å². The quantitative estimate of drug-likeness (QED) is 0.874. The van der Waals surface area contributed by atoms with E-state index in [-0.39, 0.29) is 16.3 Å². The molecule has 0 spiro atoms. The molecule has 102 valence electrons. The number of carbonyl (C=O) groups is 1. The van der Waals surface area contributed by atoms with Crippen LogP contribution in [-0.2, 0) is 16.6 Å². The molecule has 2 heterocycles. The number of aromatic carboxylic acids is 1. The Morgan fingerprint density at radius 3 is 2.79 bits per heavy atom. The predicted molar refractivity (Wildman–Crippen MR) is 72.2 cm³/mol. The van der Waals surface area contributed by atoms with Crippen LogP contribution >= 0.6 is 22.7 Å². The molecule has 0 saturated heterocycles. The Morgan fingerprint density at radius 2 is 2.26 bits per heavy atom. The maximum Gasteiger partial charge on any atom is 0.345 e. The van der Waals surface area contributed by atoms with Gasteiger partial charge in [0.1, 0.15) is 4.88 Å². The van der Waals surface area contributed by atoms with E-state index in [9.17, 15) is 13.2 Å². The first-order valence-electron chi connectivity index (χ1n) is 5.11. The van der Waals surface area contributed by atoms with Crippen LogP contribution in [0.1, 0.15) is 19.6 Å². The van der Waals surface area contributed by atoms with Gasteiger partial charge in [0.15, 0.2) is 0 Å². The summed E-state index contributed by atoms with van der Waals surface area (Å²) in [7, 11) is -3.69. The van der Waals surface area contributed by atoms with Crippen molar-refractivity contribution < 1.29 is 18.3 Å². The van der Waals surface area contributed by atoms with Crippen LogP contribution in [0.4, 0.5) is 0 Å². The summed E-state index contributed by atoms with van der Waals surface area (Å²) in [4.78, 5) is 15.5. The van der Waals surface area contributed by atoms with Crippen molar-refractivity contribution in [3.63, 3.8) is 0 Å². The number of carboxylic acid groups (broad SMARTS) is 1.